The van der Waals surface area contributed by atoms with E-state index in [2.05, 4.69) is 8.83 Å². The molecule has 1 atom stereocenters. The molecule has 0 aliphatic heterocycles. The minimum atomic E-state index is -4.73. The van der Waals surface area contributed by atoms with Gasteiger partial charge in [-0.2, -0.15) is 29.0 Å². The molecule has 10 heteroatoms. The van der Waals surface area contributed by atoms with Crippen molar-refractivity contribution in [2.75, 3.05) is 13.2 Å². The van der Waals surface area contributed by atoms with Crippen molar-refractivity contribution < 1.29 is 38.4 Å². The highest BCUT2D eigenvalue weighted by Gasteiger charge is 2.57. The summed E-state index contributed by atoms with van der Waals surface area (Å²) in [6, 6.07) is 0. The lowest BCUT2D eigenvalue weighted by Gasteiger charge is -2.09. The standard InChI is InChI=1S/C5H16O8P2/c1-5(4-6)2-3-12-15(10,11)13-14(7,8)9/h5-11H,2-4H2,1H3/q+2. The maximum absolute atomic E-state index is 8.94. The second kappa shape index (κ2) is 6.32. The minimum Gasteiger partial charge on any atom is -0.396 e. The molecule has 0 bridgehead atoms. The maximum Gasteiger partial charge on any atom is 0.620 e. The first-order valence-corrected chi connectivity index (χ1v) is 7.14. The van der Waals surface area contributed by atoms with Crippen LogP contribution >= 0.6 is 16.3 Å². The lowest BCUT2D eigenvalue weighted by Crippen LogP contribution is -2.08. The Balaban J connectivity index is 3.84. The van der Waals surface area contributed by atoms with Crippen LogP contribution in [0.2, 0.25) is 0 Å². The van der Waals surface area contributed by atoms with Gasteiger partial charge in [0.25, 0.3) is 0 Å². The van der Waals surface area contributed by atoms with Crippen LogP contribution in [0, 0.1) is 5.92 Å². The lowest BCUT2D eigenvalue weighted by molar-refractivity contribution is 0.122. The van der Waals surface area contributed by atoms with Gasteiger partial charge >= 0.3 is 16.3 Å². The molecule has 92 valence electrons. The first-order valence-electron chi connectivity index (χ1n) is 4.05. The van der Waals surface area contributed by atoms with E-state index in [4.69, 9.17) is 29.6 Å². The predicted octanol–water partition coefficient (Wildman–Crippen LogP) is -0.645. The van der Waals surface area contributed by atoms with Crippen LogP contribution in [0.4, 0.5) is 0 Å². The van der Waals surface area contributed by atoms with E-state index in [9.17, 15) is 0 Å². The van der Waals surface area contributed by atoms with Crippen LogP contribution in [0.5, 0.6) is 0 Å². The van der Waals surface area contributed by atoms with Crippen LogP contribution in [0.15, 0.2) is 0 Å². The van der Waals surface area contributed by atoms with Gasteiger partial charge in [0.1, 0.15) is 6.61 Å². The zero-order valence-electron chi connectivity index (χ0n) is 8.09. The summed E-state index contributed by atoms with van der Waals surface area (Å²) < 4.78 is 8.17. The molecular weight excluding hydrogens is 250 g/mol. The molecular formula is C5H16O8P2+2. The molecule has 8 nitrogen and oxygen atoms in total. The fourth-order valence-corrected chi connectivity index (χ4v) is 2.30. The fraction of sp³-hybridized carbons (Fsp3) is 1.00. The van der Waals surface area contributed by atoms with Gasteiger partial charge in [-0.3, -0.25) is 0 Å². The molecule has 0 amide bonds. The smallest absolute Gasteiger partial charge is 0.396 e. The van der Waals surface area contributed by atoms with Crippen LogP contribution in [0.1, 0.15) is 13.3 Å². The first-order chi connectivity index (χ1) is 6.66. The summed E-state index contributed by atoms with van der Waals surface area (Å²) in [7, 11) is -9.15. The Kier molecular flexibility index (Phi) is 6.55. The predicted molar refractivity (Wildman–Crippen MR) is 52.8 cm³/mol. The van der Waals surface area contributed by atoms with E-state index in [1.54, 1.807) is 6.92 Å². The topological polar surface area (TPSA) is 140 Å². The molecule has 15 heavy (non-hydrogen) atoms. The van der Waals surface area contributed by atoms with Crippen LogP contribution in [0.25, 0.3) is 0 Å². The van der Waals surface area contributed by atoms with Gasteiger partial charge in [-0.25, -0.2) is 0 Å². The van der Waals surface area contributed by atoms with Crippen molar-refractivity contribution in [1.29, 1.82) is 0 Å². The molecule has 0 fully saturated rings. The van der Waals surface area contributed by atoms with E-state index >= 15 is 0 Å². The monoisotopic (exact) mass is 266 g/mol. The molecule has 6 N–H and O–H groups in total. The van der Waals surface area contributed by atoms with Crippen LogP contribution in [0.3, 0.4) is 0 Å². The molecule has 0 aromatic rings. The molecule has 0 aliphatic rings. The van der Waals surface area contributed by atoms with Crippen molar-refractivity contribution >= 4 is 16.3 Å². The van der Waals surface area contributed by atoms with E-state index in [0.29, 0.717) is 6.42 Å². The Labute approximate surface area is 88.1 Å². The van der Waals surface area contributed by atoms with Gasteiger partial charge in [0.2, 0.25) is 0 Å². The number of aliphatic hydroxyl groups excluding tert-OH is 1. The third-order valence-electron chi connectivity index (χ3n) is 1.40. The van der Waals surface area contributed by atoms with E-state index in [-0.39, 0.29) is 19.1 Å². The highest BCUT2D eigenvalue weighted by atomic mass is 31.3. The summed E-state index contributed by atoms with van der Waals surface area (Å²) in [6.45, 7) is 1.48. The number of hydrogen-bond acceptors (Lipinski definition) is 8. The summed E-state index contributed by atoms with van der Waals surface area (Å²) in [6.07, 6.45) is 0.330. The summed E-state index contributed by atoms with van der Waals surface area (Å²) in [4.78, 5) is 43.1. The van der Waals surface area contributed by atoms with Gasteiger partial charge < -0.3 is 5.11 Å². The molecule has 0 saturated carbocycles. The average Bonchev–Trinajstić information content (AvgIpc) is 1.98. The highest BCUT2D eigenvalue weighted by Crippen LogP contribution is 2.67. The molecule has 0 aromatic carbocycles. The molecule has 0 aromatic heterocycles. The molecule has 0 radical (unpaired) electrons. The van der Waals surface area contributed by atoms with Gasteiger partial charge in [0.15, 0.2) is 0 Å². The van der Waals surface area contributed by atoms with E-state index in [1.807, 2.05) is 0 Å². The van der Waals surface area contributed by atoms with E-state index in [1.165, 1.54) is 0 Å². The summed E-state index contributed by atoms with van der Waals surface area (Å²) in [5.74, 6) is -0.0954. The van der Waals surface area contributed by atoms with Crippen molar-refractivity contribution in [3.05, 3.63) is 0 Å². The number of hydrogen-bond donors (Lipinski definition) is 6. The zero-order chi connectivity index (χ0) is 12.1. The minimum absolute atomic E-state index is 0.0799. The first kappa shape index (κ1) is 15.5. The third-order valence-corrected chi connectivity index (χ3v) is 3.64. The van der Waals surface area contributed by atoms with Gasteiger partial charge in [0, 0.05) is 6.61 Å². The zero-order valence-corrected chi connectivity index (χ0v) is 9.88. The van der Waals surface area contributed by atoms with Crippen LogP contribution in [-0.2, 0) is 8.83 Å². The number of aliphatic hydroxyl groups is 1. The Morgan fingerprint density at radius 2 is 1.67 bits per heavy atom. The molecule has 0 spiro atoms. The Hall–Kier alpha value is 0.540. The van der Waals surface area contributed by atoms with Gasteiger partial charge in [-0.1, -0.05) is 6.92 Å². The SMILES string of the molecule is CC(CO)CCO[P+](O)(O)O[P+](O)(O)O. The lowest BCUT2D eigenvalue weighted by atomic mass is 10.1. The fourth-order valence-electron chi connectivity index (χ4n) is 0.630. The summed E-state index contributed by atoms with van der Waals surface area (Å²) in [5.41, 5.74) is 0. The summed E-state index contributed by atoms with van der Waals surface area (Å²) >= 11 is 0. The third kappa shape index (κ3) is 9.47. The van der Waals surface area contributed by atoms with E-state index in [0.717, 1.165) is 0 Å². The molecule has 0 aliphatic carbocycles. The second-order valence-corrected chi connectivity index (χ2v) is 5.91. The Morgan fingerprint density at radius 1 is 1.13 bits per heavy atom. The largest absolute Gasteiger partial charge is 0.620 e. The average molecular weight is 266 g/mol. The van der Waals surface area contributed by atoms with Crippen molar-refractivity contribution in [1.82, 2.24) is 0 Å². The van der Waals surface area contributed by atoms with Crippen LogP contribution < -0.4 is 0 Å². The van der Waals surface area contributed by atoms with Gasteiger partial charge in [-0.05, 0) is 12.3 Å². The Morgan fingerprint density at radius 3 is 2.07 bits per heavy atom. The van der Waals surface area contributed by atoms with Crippen molar-refractivity contribution in [3.63, 3.8) is 0 Å². The molecule has 0 saturated heterocycles. The Bertz CT molecular complexity index is 180. The highest BCUT2D eigenvalue weighted by molar-refractivity contribution is 7.67. The van der Waals surface area contributed by atoms with Crippen molar-refractivity contribution in [2.45, 2.75) is 13.3 Å². The second-order valence-electron chi connectivity index (χ2n) is 3.00. The van der Waals surface area contributed by atoms with Crippen LogP contribution in [-0.4, -0.2) is 42.8 Å². The van der Waals surface area contributed by atoms with Gasteiger partial charge in [0.05, 0.1) is 4.31 Å². The normalized spacial score (nSPS) is 15.4. The van der Waals surface area contributed by atoms with E-state index < -0.39 is 16.3 Å². The molecule has 0 heterocycles. The quantitative estimate of drug-likeness (QED) is 0.334. The summed E-state index contributed by atoms with van der Waals surface area (Å²) in [5, 5.41) is 8.63. The number of rotatable bonds is 7. The molecule has 1 unspecified atom stereocenters. The molecule has 0 rings (SSSR count). The van der Waals surface area contributed by atoms with Crippen molar-refractivity contribution in [3.8, 4) is 0 Å². The van der Waals surface area contributed by atoms with Gasteiger partial charge in [-0.15, -0.1) is 0 Å². The van der Waals surface area contributed by atoms with Crippen molar-refractivity contribution in [2.24, 2.45) is 5.92 Å². The maximum atomic E-state index is 8.94.